The maximum absolute atomic E-state index is 13.5. The molecule has 0 amide bonds. The van der Waals surface area contributed by atoms with E-state index in [4.69, 9.17) is 0 Å². The van der Waals surface area contributed by atoms with Gasteiger partial charge in [0, 0.05) is 17.3 Å². The standard InChI is InChI=1S/C17H11F2NO3/c1-23-17(22)13-9-20(10-5-3-2-4-6-10)16(21)12-8-15(19)14(18)7-11(12)13/h2-9H,1H3. The van der Waals surface area contributed by atoms with E-state index in [9.17, 15) is 18.4 Å². The Kier molecular flexibility index (Phi) is 3.65. The second kappa shape index (κ2) is 5.64. The molecule has 23 heavy (non-hydrogen) atoms. The Morgan fingerprint density at radius 3 is 2.26 bits per heavy atom. The first kappa shape index (κ1) is 14.9. The highest BCUT2D eigenvalue weighted by Gasteiger charge is 2.18. The van der Waals surface area contributed by atoms with Crippen molar-refractivity contribution in [1.82, 2.24) is 4.57 Å². The molecule has 3 rings (SSSR count). The molecule has 0 bridgehead atoms. The number of nitrogens with zero attached hydrogens (tertiary/aromatic N) is 1. The molecule has 0 aliphatic rings. The number of ether oxygens (including phenoxy) is 1. The Hall–Kier alpha value is -3.02. The van der Waals surface area contributed by atoms with E-state index in [2.05, 4.69) is 4.74 Å². The fraction of sp³-hybridized carbons (Fsp3) is 0.0588. The molecular weight excluding hydrogens is 304 g/mol. The van der Waals surface area contributed by atoms with E-state index in [0.29, 0.717) is 5.69 Å². The molecule has 4 nitrogen and oxygen atoms in total. The molecular formula is C17H11F2NO3. The second-order valence-corrected chi connectivity index (χ2v) is 4.86. The SMILES string of the molecule is COC(=O)c1cn(-c2ccccc2)c(=O)c2cc(F)c(F)cc12. The number of benzene rings is 2. The van der Waals surface area contributed by atoms with Gasteiger partial charge in [-0.1, -0.05) is 18.2 Å². The lowest BCUT2D eigenvalue weighted by molar-refractivity contribution is 0.0602. The maximum atomic E-state index is 13.5. The van der Waals surface area contributed by atoms with E-state index in [1.54, 1.807) is 30.3 Å². The molecule has 0 spiro atoms. The molecule has 3 aromatic rings. The third-order valence-corrected chi connectivity index (χ3v) is 3.50. The average Bonchev–Trinajstić information content (AvgIpc) is 2.57. The molecule has 2 aromatic carbocycles. The van der Waals surface area contributed by atoms with Crippen molar-refractivity contribution in [1.29, 1.82) is 0 Å². The lowest BCUT2D eigenvalue weighted by Crippen LogP contribution is -2.21. The van der Waals surface area contributed by atoms with Gasteiger partial charge in [0.15, 0.2) is 11.6 Å². The number of carbonyl (C=O) groups is 1. The summed E-state index contributed by atoms with van der Waals surface area (Å²) in [5, 5.41) is -0.0939. The van der Waals surface area contributed by atoms with Gasteiger partial charge in [0.1, 0.15) is 0 Å². The monoisotopic (exact) mass is 315 g/mol. The number of methoxy groups -OCH3 is 1. The van der Waals surface area contributed by atoms with Gasteiger partial charge in [0.2, 0.25) is 0 Å². The molecule has 0 fully saturated rings. The summed E-state index contributed by atoms with van der Waals surface area (Å²) >= 11 is 0. The minimum absolute atomic E-state index is 0.00734. The van der Waals surface area contributed by atoms with Gasteiger partial charge in [-0.15, -0.1) is 0 Å². The van der Waals surface area contributed by atoms with Crippen molar-refractivity contribution >= 4 is 16.7 Å². The quantitative estimate of drug-likeness (QED) is 0.683. The van der Waals surface area contributed by atoms with Crippen molar-refractivity contribution in [3.63, 3.8) is 0 Å². The Morgan fingerprint density at radius 1 is 1.04 bits per heavy atom. The molecule has 116 valence electrons. The molecule has 1 aromatic heterocycles. The first-order valence-electron chi connectivity index (χ1n) is 6.71. The van der Waals surface area contributed by atoms with Crippen molar-refractivity contribution in [3.8, 4) is 5.69 Å². The molecule has 0 aliphatic carbocycles. The zero-order chi connectivity index (χ0) is 16.6. The van der Waals surface area contributed by atoms with Crippen LogP contribution >= 0.6 is 0 Å². The van der Waals surface area contributed by atoms with Gasteiger partial charge < -0.3 is 4.74 Å². The van der Waals surface area contributed by atoms with Crippen LogP contribution in [0.5, 0.6) is 0 Å². The largest absolute Gasteiger partial charge is 0.465 e. The van der Waals surface area contributed by atoms with Gasteiger partial charge in [-0.2, -0.15) is 0 Å². The van der Waals surface area contributed by atoms with Crippen LogP contribution < -0.4 is 5.56 Å². The average molecular weight is 315 g/mol. The van der Waals surface area contributed by atoms with Crippen LogP contribution in [0.3, 0.4) is 0 Å². The highest BCUT2D eigenvalue weighted by Crippen LogP contribution is 2.21. The number of aromatic nitrogens is 1. The Balaban J connectivity index is 2.44. The summed E-state index contributed by atoms with van der Waals surface area (Å²) in [7, 11) is 1.17. The van der Waals surface area contributed by atoms with Gasteiger partial charge in [0.25, 0.3) is 5.56 Å². The predicted molar refractivity (Wildman–Crippen MR) is 80.8 cm³/mol. The van der Waals surface area contributed by atoms with E-state index in [1.165, 1.54) is 17.9 Å². The summed E-state index contributed by atoms with van der Waals surface area (Å²) in [6.07, 6.45) is 1.27. The van der Waals surface area contributed by atoms with Crippen LogP contribution in [0, 0.1) is 11.6 Å². The first-order chi connectivity index (χ1) is 11.0. The maximum Gasteiger partial charge on any atom is 0.340 e. The number of halogens is 2. The Labute approximate surface area is 129 Å². The van der Waals surface area contributed by atoms with Crippen molar-refractivity contribution in [2.45, 2.75) is 0 Å². The summed E-state index contributed by atoms with van der Waals surface area (Å²) in [5.41, 5.74) is -0.0862. The van der Waals surface area contributed by atoms with E-state index in [0.717, 1.165) is 12.1 Å². The van der Waals surface area contributed by atoms with Crippen LogP contribution in [0.25, 0.3) is 16.5 Å². The molecule has 0 saturated carbocycles. The first-order valence-corrected chi connectivity index (χ1v) is 6.71. The zero-order valence-electron chi connectivity index (χ0n) is 12.0. The third-order valence-electron chi connectivity index (χ3n) is 3.50. The highest BCUT2D eigenvalue weighted by atomic mass is 19.2. The third kappa shape index (κ3) is 2.48. The van der Waals surface area contributed by atoms with E-state index < -0.39 is 23.2 Å². The van der Waals surface area contributed by atoms with Crippen LogP contribution in [-0.4, -0.2) is 17.6 Å². The van der Waals surface area contributed by atoms with Crippen molar-refractivity contribution < 1.29 is 18.3 Å². The van der Waals surface area contributed by atoms with Crippen molar-refractivity contribution in [2.75, 3.05) is 7.11 Å². The molecule has 1 heterocycles. The van der Waals surface area contributed by atoms with Crippen LogP contribution in [-0.2, 0) is 4.74 Å². The Morgan fingerprint density at radius 2 is 1.65 bits per heavy atom. The lowest BCUT2D eigenvalue weighted by Gasteiger charge is -2.11. The van der Waals surface area contributed by atoms with E-state index in [1.807, 2.05) is 0 Å². The van der Waals surface area contributed by atoms with Crippen LogP contribution in [0.15, 0.2) is 53.5 Å². The van der Waals surface area contributed by atoms with Crippen molar-refractivity contribution in [2.24, 2.45) is 0 Å². The van der Waals surface area contributed by atoms with Gasteiger partial charge in [-0.25, -0.2) is 13.6 Å². The summed E-state index contributed by atoms with van der Waals surface area (Å²) in [6, 6.07) is 10.1. The van der Waals surface area contributed by atoms with Crippen LogP contribution in [0.1, 0.15) is 10.4 Å². The van der Waals surface area contributed by atoms with Gasteiger partial charge in [-0.05, 0) is 24.3 Å². The van der Waals surface area contributed by atoms with Crippen molar-refractivity contribution in [3.05, 3.63) is 76.2 Å². The molecule has 0 N–H and O–H groups in total. The number of hydrogen-bond donors (Lipinski definition) is 0. The number of hydrogen-bond acceptors (Lipinski definition) is 3. The summed E-state index contributed by atoms with van der Waals surface area (Å²) in [6.45, 7) is 0. The summed E-state index contributed by atoms with van der Waals surface area (Å²) in [5.74, 6) is -3.04. The van der Waals surface area contributed by atoms with Crippen LogP contribution in [0.2, 0.25) is 0 Å². The highest BCUT2D eigenvalue weighted by molar-refractivity contribution is 6.04. The molecule has 0 saturated heterocycles. The smallest absolute Gasteiger partial charge is 0.340 e. The number of fused-ring (bicyclic) bond motifs is 1. The molecule has 0 unspecified atom stereocenters. The minimum Gasteiger partial charge on any atom is -0.465 e. The van der Waals surface area contributed by atoms with Gasteiger partial charge in [0.05, 0.1) is 18.1 Å². The minimum atomic E-state index is -1.16. The van der Waals surface area contributed by atoms with Gasteiger partial charge in [-0.3, -0.25) is 9.36 Å². The number of rotatable bonds is 2. The number of para-hydroxylation sites is 1. The predicted octanol–water partition coefficient (Wildman–Crippen LogP) is 3.06. The lowest BCUT2D eigenvalue weighted by atomic mass is 10.1. The number of pyridine rings is 1. The normalized spacial score (nSPS) is 10.7. The van der Waals surface area contributed by atoms with E-state index >= 15 is 0 Å². The van der Waals surface area contributed by atoms with E-state index in [-0.39, 0.29) is 16.3 Å². The fourth-order valence-electron chi connectivity index (χ4n) is 2.39. The molecule has 0 radical (unpaired) electrons. The number of esters is 1. The molecule has 0 aliphatic heterocycles. The van der Waals surface area contributed by atoms with Gasteiger partial charge >= 0.3 is 5.97 Å². The fourth-order valence-corrected chi connectivity index (χ4v) is 2.39. The zero-order valence-corrected chi connectivity index (χ0v) is 12.0. The summed E-state index contributed by atoms with van der Waals surface area (Å²) < 4.78 is 32.9. The Bertz CT molecular complexity index is 965. The molecule has 0 atom stereocenters. The molecule has 6 heteroatoms. The topological polar surface area (TPSA) is 48.3 Å². The number of carbonyl (C=O) groups excluding carboxylic acids is 1. The second-order valence-electron chi connectivity index (χ2n) is 4.86. The van der Waals surface area contributed by atoms with Crippen LogP contribution in [0.4, 0.5) is 8.78 Å². The summed E-state index contributed by atoms with van der Waals surface area (Å²) in [4.78, 5) is 24.5.